The van der Waals surface area contributed by atoms with Gasteiger partial charge in [0.15, 0.2) is 0 Å². The molecule has 4 aromatic rings. The predicted octanol–water partition coefficient (Wildman–Crippen LogP) is 4.67. The van der Waals surface area contributed by atoms with Gasteiger partial charge in [0.05, 0.1) is 17.3 Å². The van der Waals surface area contributed by atoms with Crippen LogP contribution in [0.15, 0.2) is 97.2 Å². The molecule has 3 aromatic carbocycles. The van der Waals surface area contributed by atoms with Crippen LogP contribution >= 0.6 is 0 Å². The van der Waals surface area contributed by atoms with E-state index < -0.39 is 5.92 Å². The second-order valence-corrected chi connectivity index (χ2v) is 8.73. The van der Waals surface area contributed by atoms with Gasteiger partial charge in [0, 0.05) is 36.8 Å². The quantitative estimate of drug-likeness (QED) is 0.355. The number of esters is 1. The van der Waals surface area contributed by atoms with Crippen molar-refractivity contribution in [1.29, 1.82) is 0 Å². The van der Waals surface area contributed by atoms with Crippen LogP contribution < -0.4 is 0 Å². The fourth-order valence-electron chi connectivity index (χ4n) is 4.39. The summed E-state index contributed by atoms with van der Waals surface area (Å²) < 4.78 is 7.51. The molecule has 1 aliphatic rings. The van der Waals surface area contributed by atoms with E-state index in [1.165, 1.54) is 5.56 Å². The fraction of sp³-hybridized carbons (Fsp3) is 0.207. The topological polar surface area (TPSA) is 64.4 Å². The summed E-state index contributed by atoms with van der Waals surface area (Å²) in [5, 5.41) is 4.77. The molecule has 35 heavy (non-hydrogen) atoms. The Kier molecular flexibility index (Phi) is 6.70. The van der Waals surface area contributed by atoms with Crippen LogP contribution in [0.3, 0.4) is 0 Å². The van der Waals surface area contributed by atoms with Crippen LogP contribution in [0, 0.1) is 5.92 Å². The number of carbonyl (C=O) groups is 2. The zero-order chi connectivity index (χ0) is 24.0. The maximum Gasteiger partial charge on any atom is 0.311 e. The third kappa shape index (κ3) is 5.32. The van der Waals surface area contributed by atoms with E-state index >= 15 is 0 Å². The summed E-state index contributed by atoms with van der Waals surface area (Å²) in [7, 11) is 0. The molecule has 0 bridgehead atoms. The van der Waals surface area contributed by atoms with Gasteiger partial charge in [0.25, 0.3) is 0 Å². The highest BCUT2D eigenvalue weighted by Crippen LogP contribution is 2.26. The summed E-state index contributed by atoms with van der Waals surface area (Å²) >= 11 is 0. The summed E-state index contributed by atoms with van der Waals surface area (Å²) in [6.07, 6.45) is 2.87. The molecular weight excluding hydrogens is 438 g/mol. The molecule has 0 unspecified atom stereocenters. The second kappa shape index (κ2) is 10.4. The van der Waals surface area contributed by atoms with Crippen LogP contribution in [0.1, 0.15) is 17.5 Å². The van der Waals surface area contributed by atoms with E-state index in [0.717, 1.165) is 28.9 Å². The molecule has 1 aliphatic heterocycles. The Morgan fingerprint density at radius 3 is 2.29 bits per heavy atom. The molecule has 0 saturated carbocycles. The number of amides is 1. The van der Waals surface area contributed by atoms with Gasteiger partial charge in [-0.05, 0) is 24.1 Å². The fourth-order valence-corrected chi connectivity index (χ4v) is 4.39. The first-order valence-corrected chi connectivity index (χ1v) is 11.8. The first-order chi connectivity index (χ1) is 17.2. The summed E-state index contributed by atoms with van der Waals surface area (Å²) in [5.41, 5.74) is 4.65. The normalized spacial score (nSPS) is 15.4. The number of para-hydroxylation sites is 1. The number of rotatable bonds is 8. The van der Waals surface area contributed by atoms with Crippen molar-refractivity contribution in [3.05, 3.63) is 108 Å². The van der Waals surface area contributed by atoms with Crippen molar-refractivity contribution in [1.82, 2.24) is 14.7 Å². The van der Waals surface area contributed by atoms with E-state index in [2.05, 4.69) is 0 Å². The van der Waals surface area contributed by atoms with Crippen molar-refractivity contribution < 1.29 is 14.3 Å². The number of nitrogens with zero attached hydrogens (tertiary/aromatic N) is 3. The Balaban J connectivity index is 1.25. The van der Waals surface area contributed by atoms with Gasteiger partial charge >= 0.3 is 5.97 Å². The highest BCUT2D eigenvalue weighted by Gasteiger charge is 2.35. The Morgan fingerprint density at radius 2 is 1.57 bits per heavy atom. The number of ether oxygens (including phenoxy) is 1. The molecule has 5 rings (SSSR count). The predicted molar refractivity (Wildman–Crippen MR) is 134 cm³/mol. The molecule has 176 valence electrons. The lowest BCUT2D eigenvalue weighted by molar-refractivity contribution is -0.149. The number of hydrogen-bond acceptors (Lipinski definition) is 4. The minimum absolute atomic E-state index is 0.00440. The van der Waals surface area contributed by atoms with Gasteiger partial charge in [-0.3, -0.25) is 9.59 Å². The lowest BCUT2D eigenvalue weighted by Gasteiger charge is -2.16. The Bertz CT molecular complexity index is 1290. The van der Waals surface area contributed by atoms with E-state index in [4.69, 9.17) is 9.84 Å². The van der Waals surface area contributed by atoms with E-state index in [1.54, 1.807) is 9.58 Å². The molecule has 1 amide bonds. The molecule has 1 saturated heterocycles. The highest BCUT2D eigenvalue weighted by atomic mass is 16.5. The Hall–Kier alpha value is -4.19. The lowest BCUT2D eigenvalue weighted by atomic mass is 10.1. The molecule has 0 aliphatic carbocycles. The number of aromatic nitrogens is 2. The monoisotopic (exact) mass is 465 g/mol. The smallest absolute Gasteiger partial charge is 0.311 e. The average Bonchev–Trinajstić information content (AvgIpc) is 3.51. The molecule has 0 radical (unpaired) electrons. The van der Waals surface area contributed by atoms with Crippen LogP contribution in [-0.4, -0.2) is 39.6 Å². The van der Waals surface area contributed by atoms with Gasteiger partial charge < -0.3 is 9.64 Å². The Labute approximate surface area is 204 Å². The van der Waals surface area contributed by atoms with Crippen LogP contribution in [0.5, 0.6) is 0 Å². The van der Waals surface area contributed by atoms with E-state index in [1.807, 2.05) is 97.2 Å². The standard InChI is InChI=1S/C29H27N3O3/c33-27-18-24(19-31(27)17-16-22-10-4-1-5-11-22)29(34)35-21-25-20-32(26-14-8-3-9-15-26)30-28(25)23-12-6-2-7-13-23/h1-15,20,24H,16-19,21H2/t24-/m0/s1. The number of carbonyl (C=O) groups excluding carboxylic acids is 2. The number of benzene rings is 3. The zero-order valence-corrected chi connectivity index (χ0v) is 19.4. The van der Waals surface area contributed by atoms with E-state index in [-0.39, 0.29) is 24.9 Å². The molecule has 1 atom stereocenters. The molecular formula is C29H27N3O3. The summed E-state index contributed by atoms with van der Waals surface area (Å²) in [6, 6.07) is 29.7. The molecule has 2 heterocycles. The molecule has 6 nitrogen and oxygen atoms in total. The maximum absolute atomic E-state index is 12.9. The van der Waals surface area contributed by atoms with Gasteiger partial charge in [-0.15, -0.1) is 0 Å². The summed E-state index contributed by atoms with van der Waals surface area (Å²) in [4.78, 5) is 27.1. The molecule has 0 N–H and O–H groups in total. The van der Waals surface area contributed by atoms with Crippen LogP contribution in [0.4, 0.5) is 0 Å². The largest absolute Gasteiger partial charge is 0.460 e. The van der Waals surface area contributed by atoms with Crippen LogP contribution in [-0.2, 0) is 27.4 Å². The SMILES string of the molecule is O=C(OCc1cn(-c2ccccc2)nc1-c1ccccc1)[C@H]1CC(=O)N(CCc2ccccc2)C1. The first kappa shape index (κ1) is 22.6. The molecule has 0 spiro atoms. The van der Waals surface area contributed by atoms with Gasteiger partial charge in [0.1, 0.15) is 6.61 Å². The zero-order valence-electron chi connectivity index (χ0n) is 19.4. The minimum Gasteiger partial charge on any atom is -0.460 e. The van der Waals surface area contributed by atoms with Gasteiger partial charge in [-0.1, -0.05) is 78.9 Å². The molecule has 6 heteroatoms. The minimum atomic E-state index is -0.442. The average molecular weight is 466 g/mol. The lowest BCUT2D eigenvalue weighted by Crippen LogP contribution is -2.28. The number of likely N-dealkylation sites (tertiary alicyclic amines) is 1. The molecule has 1 fully saturated rings. The van der Waals surface area contributed by atoms with Gasteiger partial charge in [0.2, 0.25) is 5.91 Å². The van der Waals surface area contributed by atoms with Crippen molar-refractivity contribution in [2.75, 3.05) is 13.1 Å². The maximum atomic E-state index is 12.9. The van der Waals surface area contributed by atoms with Crippen LogP contribution in [0.2, 0.25) is 0 Å². The molecule has 1 aromatic heterocycles. The Morgan fingerprint density at radius 1 is 0.914 bits per heavy atom. The van der Waals surface area contributed by atoms with Crippen molar-refractivity contribution in [3.8, 4) is 16.9 Å². The van der Waals surface area contributed by atoms with E-state index in [9.17, 15) is 9.59 Å². The number of hydrogen-bond donors (Lipinski definition) is 0. The van der Waals surface area contributed by atoms with Crippen LogP contribution in [0.25, 0.3) is 16.9 Å². The van der Waals surface area contributed by atoms with Crippen molar-refractivity contribution in [3.63, 3.8) is 0 Å². The second-order valence-electron chi connectivity index (χ2n) is 8.73. The third-order valence-corrected chi connectivity index (χ3v) is 6.29. The summed E-state index contributed by atoms with van der Waals surface area (Å²) in [5.74, 6) is -0.778. The van der Waals surface area contributed by atoms with Crippen molar-refractivity contribution >= 4 is 11.9 Å². The van der Waals surface area contributed by atoms with Crippen molar-refractivity contribution in [2.45, 2.75) is 19.4 Å². The van der Waals surface area contributed by atoms with Gasteiger partial charge in [-0.2, -0.15) is 5.10 Å². The van der Waals surface area contributed by atoms with E-state index in [0.29, 0.717) is 13.1 Å². The summed E-state index contributed by atoms with van der Waals surface area (Å²) in [6.45, 7) is 1.11. The van der Waals surface area contributed by atoms with Gasteiger partial charge in [-0.25, -0.2) is 4.68 Å². The first-order valence-electron chi connectivity index (χ1n) is 11.8. The highest BCUT2D eigenvalue weighted by molar-refractivity contribution is 5.86. The van der Waals surface area contributed by atoms with Crippen molar-refractivity contribution in [2.24, 2.45) is 5.92 Å². The third-order valence-electron chi connectivity index (χ3n) is 6.29.